The molecule has 0 aliphatic carbocycles. The molecule has 0 radical (unpaired) electrons. The predicted molar refractivity (Wildman–Crippen MR) is 148 cm³/mol. The van der Waals surface area contributed by atoms with Crippen LogP contribution in [0.1, 0.15) is 10.4 Å². The number of carbonyl (C=O) groups is 1. The Morgan fingerprint density at radius 2 is 0.946 bits per heavy atom. The van der Waals surface area contributed by atoms with Crippen LogP contribution in [-0.2, 0) is 0 Å². The average molecular weight is 508 g/mol. The number of phenolic OH excluding ortho intramolecular Hbond substituents is 1. The fourth-order valence-corrected chi connectivity index (χ4v) is 8.48. The molecular weight excluding hydrogens is 481 g/mol. The summed E-state index contributed by atoms with van der Waals surface area (Å²) in [4.78, 5) is 10.7. The molecule has 0 aliphatic heterocycles. The number of hydroxylamine groups is 1. The summed E-state index contributed by atoms with van der Waals surface area (Å²) in [6, 6.07) is 45.5. The van der Waals surface area contributed by atoms with Crippen molar-refractivity contribution in [3.63, 3.8) is 0 Å². The van der Waals surface area contributed by atoms with Gasteiger partial charge in [0.1, 0.15) is 34.2 Å². The number of amides is 1. The average Bonchev–Trinajstić information content (AvgIpc) is 2.96. The third kappa shape index (κ3) is 5.54. The topological polar surface area (TPSA) is 92.6 Å². The first-order valence-corrected chi connectivity index (χ1v) is 13.4. The highest BCUT2D eigenvalue weighted by atomic mass is 31.2. The fraction of sp³-hybridized carbons (Fsp3) is 0. The maximum absolute atomic E-state index is 10.8. The molecule has 5 rings (SSSR count). The van der Waals surface area contributed by atoms with Crippen molar-refractivity contribution >= 4 is 34.4 Å². The Morgan fingerprint density at radius 3 is 1.35 bits per heavy atom. The van der Waals surface area contributed by atoms with Gasteiger partial charge in [-0.3, -0.25) is 10.0 Å². The normalized spacial score (nSPS) is 10.6. The van der Waals surface area contributed by atoms with Gasteiger partial charge in [0.25, 0.3) is 5.91 Å². The third-order valence-electron chi connectivity index (χ3n) is 5.90. The highest BCUT2D eigenvalue weighted by Crippen LogP contribution is 2.54. The van der Waals surface area contributed by atoms with E-state index in [2.05, 4.69) is 103 Å². The zero-order valence-corrected chi connectivity index (χ0v) is 20.8. The van der Waals surface area contributed by atoms with Crippen LogP contribution >= 0.6 is 7.26 Å². The molecule has 0 unspecified atom stereocenters. The first-order valence-electron chi connectivity index (χ1n) is 11.6. The van der Waals surface area contributed by atoms with Gasteiger partial charge in [0.15, 0.2) is 0 Å². The number of rotatable bonds is 5. The summed E-state index contributed by atoms with van der Waals surface area (Å²) in [5.74, 6) is -0.893. The van der Waals surface area contributed by atoms with E-state index >= 15 is 0 Å². The molecule has 3 N–H and O–H groups in total. The molecule has 0 aliphatic rings. The first kappa shape index (κ1) is 25.6. The highest BCUT2D eigenvalue weighted by molar-refractivity contribution is 8.01. The fourth-order valence-electron chi connectivity index (χ4n) is 4.24. The Balaban J connectivity index is 0.000000245. The summed E-state index contributed by atoms with van der Waals surface area (Å²) < 4.78 is 0. The lowest BCUT2D eigenvalue weighted by Gasteiger charge is -2.27. The summed E-state index contributed by atoms with van der Waals surface area (Å²) in [6.07, 6.45) is 0. The van der Waals surface area contributed by atoms with Crippen molar-refractivity contribution in [2.75, 3.05) is 0 Å². The van der Waals surface area contributed by atoms with Gasteiger partial charge in [-0.25, -0.2) is 5.48 Å². The molecule has 0 fully saturated rings. The summed E-state index contributed by atoms with van der Waals surface area (Å²) in [5.41, 5.74) is 1.32. The van der Waals surface area contributed by atoms with E-state index in [1.807, 2.05) is 0 Å². The van der Waals surface area contributed by atoms with Crippen molar-refractivity contribution < 1.29 is 20.2 Å². The number of benzene rings is 5. The van der Waals surface area contributed by atoms with E-state index in [9.17, 15) is 15.0 Å². The number of carbonyl (C=O) groups excluding carboxylic acids is 1. The van der Waals surface area contributed by atoms with E-state index in [0.717, 1.165) is 0 Å². The quantitative estimate of drug-likeness (QED) is 0.191. The van der Waals surface area contributed by atoms with Crippen molar-refractivity contribution in [1.29, 1.82) is 0 Å². The van der Waals surface area contributed by atoms with Crippen molar-refractivity contribution in [3.05, 3.63) is 145 Å². The molecule has 5 aromatic carbocycles. The van der Waals surface area contributed by atoms with Crippen LogP contribution in [0.2, 0.25) is 0 Å². The molecule has 6 heteroatoms. The van der Waals surface area contributed by atoms with Crippen LogP contribution < -0.4 is 31.8 Å². The Hall–Kier alpha value is -4.44. The lowest BCUT2D eigenvalue weighted by atomic mass is 10.2. The third-order valence-corrected chi connectivity index (χ3v) is 10.2. The molecule has 0 heterocycles. The number of hydrogen-bond acceptors (Lipinski definition) is 4. The molecule has 0 saturated heterocycles. The van der Waals surface area contributed by atoms with Gasteiger partial charge in [-0.2, -0.15) is 0 Å². The van der Waals surface area contributed by atoms with E-state index in [1.54, 1.807) is 18.2 Å². The van der Waals surface area contributed by atoms with Gasteiger partial charge in [0.05, 0.1) is 0 Å². The minimum Gasteiger partial charge on any atom is -0.872 e. The van der Waals surface area contributed by atoms with Crippen LogP contribution in [-0.4, -0.2) is 16.2 Å². The molecular formula is C31H26NO4P. The van der Waals surface area contributed by atoms with Crippen LogP contribution in [0.3, 0.4) is 0 Å². The molecule has 0 bridgehead atoms. The lowest BCUT2D eigenvalue weighted by Crippen LogP contribution is -2.38. The number of para-hydroxylation sites is 1. The number of phenols is 1. The van der Waals surface area contributed by atoms with Crippen LogP contribution in [0, 0.1) is 0 Å². The Labute approximate surface area is 216 Å². The van der Waals surface area contributed by atoms with Gasteiger partial charge in [0.2, 0.25) is 0 Å². The van der Waals surface area contributed by atoms with E-state index < -0.39 is 18.9 Å². The molecule has 1 amide bonds. The second-order valence-corrected chi connectivity index (χ2v) is 11.5. The van der Waals surface area contributed by atoms with Crippen molar-refractivity contribution in [2.45, 2.75) is 0 Å². The second-order valence-electron chi connectivity index (χ2n) is 8.13. The minimum atomic E-state index is -2.04. The van der Waals surface area contributed by atoms with E-state index in [4.69, 9.17) is 5.21 Å². The van der Waals surface area contributed by atoms with Gasteiger partial charge in [0, 0.05) is 5.56 Å². The molecule has 37 heavy (non-hydrogen) atoms. The van der Waals surface area contributed by atoms with Crippen LogP contribution in [0.4, 0.5) is 0 Å². The van der Waals surface area contributed by atoms with E-state index in [0.29, 0.717) is 5.75 Å². The largest absolute Gasteiger partial charge is 0.872 e. The van der Waals surface area contributed by atoms with Crippen molar-refractivity contribution in [3.8, 4) is 11.5 Å². The molecule has 0 aromatic heterocycles. The van der Waals surface area contributed by atoms with Crippen LogP contribution in [0.15, 0.2) is 140 Å². The molecule has 0 saturated carbocycles. The van der Waals surface area contributed by atoms with E-state index in [1.165, 1.54) is 44.9 Å². The van der Waals surface area contributed by atoms with Gasteiger partial charge in [-0.1, -0.05) is 84.6 Å². The zero-order chi connectivity index (χ0) is 26.1. The summed E-state index contributed by atoms with van der Waals surface area (Å²) in [7, 11) is -2.04. The number of nitrogens with one attached hydrogen (secondary N) is 1. The van der Waals surface area contributed by atoms with Crippen LogP contribution in [0.25, 0.3) is 0 Å². The summed E-state index contributed by atoms with van der Waals surface area (Å²) in [6.45, 7) is 0. The molecule has 0 atom stereocenters. The maximum atomic E-state index is 10.8. The number of aromatic hydroxyl groups is 1. The standard InChI is InChI=1S/C24H19OP.C7H7NO3/c25-20-16-18-24(19-17-20)26(21-10-4-1-5-11-21,22-12-6-2-7-13-22)23-14-8-3-9-15-23;9-6-4-2-1-3-5(6)7(10)8-11/h1-19H;1-4,9,11H,(H,8,10). The highest BCUT2D eigenvalue weighted by Gasteiger charge is 2.47. The Bertz CT molecular complexity index is 1330. The first-order chi connectivity index (χ1) is 18.1. The second kappa shape index (κ2) is 12.0. The summed E-state index contributed by atoms with van der Waals surface area (Å²) in [5, 5.41) is 34.0. The molecule has 5 nitrogen and oxygen atoms in total. The monoisotopic (exact) mass is 507 g/mol. The maximum Gasteiger partial charge on any atom is 0.274 e. The lowest BCUT2D eigenvalue weighted by molar-refractivity contribution is -0.268. The zero-order valence-electron chi connectivity index (χ0n) is 19.9. The Morgan fingerprint density at radius 1 is 0.568 bits per heavy atom. The summed E-state index contributed by atoms with van der Waals surface area (Å²) >= 11 is 0. The van der Waals surface area contributed by atoms with Gasteiger partial charge in [-0.15, -0.1) is 0 Å². The van der Waals surface area contributed by atoms with E-state index in [-0.39, 0.29) is 5.56 Å². The predicted octanol–water partition coefficient (Wildman–Crippen LogP) is 3.89. The molecule has 5 aromatic rings. The molecule has 184 valence electrons. The van der Waals surface area contributed by atoms with Gasteiger partial charge in [-0.05, 0) is 60.7 Å². The molecule has 0 spiro atoms. The Kier molecular flexibility index (Phi) is 8.32. The smallest absolute Gasteiger partial charge is 0.274 e. The number of hydrogen-bond donors (Lipinski definition) is 3. The van der Waals surface area contributed by atoms with Gasteiger partial charge < -0.3 is 10.2 Å². The van der Waals surface area contributed by atoms with Gasteiger partial charge >= 0.3 is 0 Å². The SMILES string of the molecule is O=C(NO)c1ccccc1[O-].Oc1ccc([P+](c2ccccc2)(c2ccccc2)c2ccccc2)cc1. The van der Waals surface area contributed by atoms with Crippen molar-refractivity contribution in [2.24, 2.45) is 0 Å². The van der Waals surface area contributed by atoms with Crippen molar-refractivity contribution in [1.82, 2.24) is 5.48 Å². The minimum absolute atomic E-state index is 0.0602. The van der Waals surface area contributed by atoms with Crippen LogP contribution in [0.5, 0.6) is 11.5 Å².